The molecule has 1 aliphatic heterocycles. The number of benzene rings is 1. The van der Waals surface area contributed by atoms with Gasteiger partial charge in [-0.25, -0.2) is 8.78 Å². The first kappa shape index (κ1) is 20.4. The van der Waals surface area contributed by atoms with E-state index in [1.807, 2.05) is 16.8 Å². The summed E-state index contributed by atoms with van der Waals surface area (Å²) in [6.45, 7) is 3.84. The molecule has 2 aromatic rings. The van der Waals surface area contributed by atoms with Crippen LogP contribution in [0, 0.1) is 11.6 Å². The summed E-state index contributed by atoms with van der Waals surface area (Å²) >= 11 is 1.58. The van der Waals surface area contributed by atoms with Crippen molar-refractivity contribution in [1.82, 2.24) is 15.1 Å². The number of hydrogen-bond donors (Lipinski definition) is 2. The Bertz CT molecular complexity index is 823. The zero-order chi connectivity index (χ0) is 20.1. The molecule has 9 heteroatoms. The fourth-order valence-electron chi connectivity index (χ4n) is 3.10. The minimum absolute atomic E-state index is 0.0424. The second kappa shape index (κ2) is 9.22. The summed E-state index contributed by atoms with van der Waals surface area (Å²) in [7, 11) is 2.07. The number of carbonyl (C=O) groups excluding carboxylic acids is 2. The fraction of sp³-hybridized carbons (Fsp3) is 0.368. The van der Waals surface area contributed by atoms with E-state index in [1.54, 1.807) is 11.3 Å². The van der Waals surface area contributed by atoms with Crippen LogP contribution in [-0.4, -0.2) is 61.4 Å². The average molecular weight is 408 g/mol. The normalized spacial score (nSPS) is 16.5. The van der Waals surface area contributed by atoms with Crippen LogP contribution in [0.15, 0.2) is 35.0 Å². The van der Waals surface area contributed by atoms with E-state index in [4.69, 9.17) is 0 Å². The van der Waals surface area contributed by atoms with Crippen LogP contribution in [0.25, 0.3) is 0 Å². The molecular weight excluding hydrogens is 386 g/mol. The van der Waals surface area contributed by atoms with Gasteiger partial charge in [0, 0.05) is 38.8 Å². The molecule has 1 atom stereocenters. The van der Waals surface area contributed by atoms with Crippen molar-refractivity contribution in [2.45, 2.75) is 6.04 Å². The molecular formula is C19H22F2N4O2S. The van der Waals surface area contributed by atoms with Crippen molar-refractivity contribution in [3.63, 3.8) is 0 Å². The van der Waals surface area contributed by atoms with E-state index in [-0.39, 0.29) is 18.3 Å². The molecule has 2 heterocycles. The Morgan fingerprint density at radius 1 is 1.14 bits per heavy atom. The minimum Gasteiger partial charge on any atom is -0.346 e. The lowest BCUT2D eigenvalue weighted by Gasteiger charge is -2.37. The largest absolute Gasteiger partial charge is 0.346 e. The van der Waals surface area contributed by atoms with Crippen LogP contribution < -0.4 is 10.6 Å². The van der Waals surface area contributed by atoms with Crippen LogP contribution in [0.1, 0.15) is 11.6 Å². The van der Waals surface area contributed by atoms with Gasteiger partial charge >= 0.3 is 11.8 Å². The molecule has 0 aliphatic carbocycles. The summed E-state index contributed by atoms with van der Waals surface area (Å²) in [4.78, 5) is 28.8. The maximum atomic E-state index is 13.7. The van der Waals surface area contributed by atoms with Crippen molar-refractivity contribution in [2.75, 3.05) is 45.1 Å². The number of anilines is 1. The number of nitrogens with zero attached hydrogens (tertiary/aromatic N) is 2. The second-order valence-corrected chi connectivity index (χ2v) is 7.48. The van der Waals surface area contributed by atoms with Gasteiger partial charge < -0.3 is 15.5 Å². The van der Waals surface area contributed by atoms with Gasteiger partial charge in [-0.2, -0.15) is 11.3 Å². The van der Waals surface area contributed by atoms with Crippen LogP contribution in [0.3, 0.4) is 0 Å². The molecule has 3 rings (SSSR count). The number of nitrogens with one attached hydrogen (secondary N) is 2. The van der Waals surface area contributed by atoms with Gasteiger partial charge in [-0.15, -0.1) is 0 Å². The van der Waals surface area contributed by atoms with E-state index >= 15 is 0 Å². The molecule has 1 aliphatic rings. The highest BCUT2D eigenvalue weighted by molar-refractivity contribution is 7.08. The molecule has 0 saturated carbocycles. The first-order chi connectivity index (χ1) is 13.4. The van der Waals surface area contributed by atoms with E-state index in [9.17, 15) is 18.4 Å². The Hall–Kier alpha value is -2.36. The van der Waals surface area contributed by atoms with Crippen molar-refractivity contribution in [3.05, 3.63) is 52.2 Å². The zero-order valence-electron chi connectivity index (χ0n) is 15.5. The Balaban J connectivity index is 1.60. The molecule has 1 fully saturated rings. The predicted octanol–water partition coefficient (Wildman–Crippen LogP) is 2.07. The van der Waals surface area contributed by atoms with Gasteiger partial charge in [0.1, 0.15) is 11.6 Å². The number of thiophene rings is 1. The SMILES string of the molecule is CN1CCN([C@H](CNC(=O)C(=O)Nc2ccc(F)cc2F)c2ccsc2)CC1. The number of halogens is 2. The number of carbonyl (C=O) groups is 2. The molecule has 1 saturated heterocycles. The molecule has 1 aromatic carbocycles. The summed E-state index contributed by atoms with van der Waals surface area (Å²) in [5, 5.41) is 8.81. The summed E-state index contributed by atoms with van der Waals surface area (Å²) < 4.78 is 26.6. The van der Waals surface area contributed by atoms with Gasteiger partial charge in [-0.05, 0) is 41.6 Å². The first-order valence-electron chi connectivity index (χ1n) is 8.93. The molecule has 0 bridgehead atoms. The minimum atomic E-state index is -0.993. The Morgan fingerprint density at radius 2 is 1.89 bits per heavy atom. The quantitative estimate of drug-likeness (QED) is 0.744. The molecule has 0 radical (unpaired) electrons. The maximum Gasteiger partial charge on any atom is 0.313 e. The van der Waals surface area contributed by atoms with E-state index in [0.717, 1.165) is 43.9 Å². The van der Waals surface area contributed by atoms with Gasteiger partial charge in [-0.1, -0.05) is 0 Å². The Kier molecular flexibility index (Phi) is 6.71. The number of rotatable bonds is 5. The molecule has 6 nitrogen and oxygen atoms in total. The third-order valence-corrected chi connectivity index (χ3v) is 5.45. The molecule has 0 spiro atoms. The molecule has 2 N–H and O–H groups in total. The summed E-state index contributed by atoms with van der Waals surface area (Å²) in [5.74, 6) is -3.55. The van der Waals surface area contributed by atoms with E-state index < -0.39 is 23.4 Å². The second-order valence-electron chi connectivity index (χ2n) is 6.70. The summed E-state index contributed by atoms with van der Waals surface area (Å²) in [6.07, 6.45) is 0. The van der Waals surface area contributed by atoms with Gasteiger partial charge in [-0.3, -0.25) is 14.5 Å². The van der Waals surface area contributed by atoms with Crippen LogP contribution in [0.4, 0.5) is 14.5 Å². The van der Waals surface area contributed by atoms with Crippen molar-refractivity contribution in [3.8, 4) is 0 Å². The predicted molar refractivity (Wildman–Crippen MR) is 104 cm³/mol. The Morgan fingerprint density at radius 3 is 2.54 bits per heavy atom. The fourth-order valence-corrected chi connectivity index (χ4v) is 3.80. The van der Waals surface area contributed by atoms with Crippen molar-refractivity contribution >= 4 is 28.8 Å². The van der Waals surface area contributed by atoms with Crippen LogP contribution in [0.5, 0.6) is 0 Å². The zero-order valence-corrected chi connectivity index (χ0v) is 16.3. The molecule has 0 unspecified atom stereocenters. The van der Waals surface area contributed by atoms with Crippen LogP contribution in [-0.2, 0) is 9.59 Å². The lowest BCUT2D eigenvalue weighted by Crippen LogP contribution is -2.49. The van der Waals surface area contributed by atoms with Gasteiger partial charge in [0.2, 0.25) is 0 Å². The Labute approximate surface area is 166 Å². The smallest absolute Gasteiger partial charge is 0.313 e. The van der Waals surface area contributed by atoms with Crippen molar-refractivity contribution in [2.24, 2.45) is 0 Å². The highest BCUT2D eigenvalue weighted by Crippen LogP contribution is 2.23. The molecule has 150 valence electrons. The topological polar surface area (TPSA) is 64.7 Å². The summed E-state index contributed by atoms with van der Waals surface area (Å²) in [5.41, 5.74) is 0.842. The molecule has 1 aromatic heterocycles. The average Bonchev–Trinajstić information content (AvgIpc) is 3.19. The van der Waals surface area contributed by atoms with Crippen molar-refractivity contribution in [1.29, 1.82) is 0 Å². The number of amides is 2. The molecule has 28 heavy (non-hydrogen) atoms. The molecule has 2 amide bonds. The number of hydrogen-bond acceptors (Lipinski definition) is 5. The lowest BCUT2D eigenvalue weighted by atomic mass is 10.1. The first-order valence-corrected chi connectivity index (χ1v) is 9.87. The monoisotopic (exact) mass is 408 g/mol. The third-order valence-electron chi connectivity index (χ3n) is 4.75. The van der Waals surface area contributed by atoms with Crippen molar-refractivity contribution < 1.29 is 18.4 Å². The van der Waals surface area contributed by atoms with Crippen LogP contribution in [0.2, 0.25) is 0 Å². The van der Waals surface area contributed by atoms with E-state index in [0.29, 0.717) is 6.07 Å². The highest BCUT2D eigenvalue weighted by Gasteiger charge is 2.26. The lowest BCUT2D eigenvalue weighted by molar-refractivity contribution is -0.136. The maximum absolute atomic E-state index is 13.7. The van der Waals surface area contributed by atoms with E-state index in [1.165, 1.54) is 0 Å². The van der Waals surface area contributed by atoms with E-state index in [2.05, 4.69) is 27.5 Å². The third kappa shape index (κ3) is 5.12. The standard InChI is InChI=1S/C19H22F2N4O2S/c1-24-5-7-25(8-6-24)17(13-4-9-28-12-13)11-22-18(26)19(27)23-16-3-2-14(20)10-15(16)21/h2-4,9-10,12,17H,5-8,11H2,1H3,(H,22,26)(H,23,27)/t17-/m1/s1. The van der Waals surface area contributed by atoms with Gasteiger partial charge in [0.25, 0.3) is 0 Å². The summed E-state index contributed by atoms with van der Waals surface area (Å²) in [6, 6.07) is 4.70. The highest BCUT2D eigenvalue weighted by atomic mass is 32.1. The number of piperazine rings is 1. The van der Waals surface area contributed by atoms with Crippen LogP contribution >= 0.6 is 11.3 Å². The van der Waals surface area contributed by atoms with Gasteiger partial charge in [0.05, 0.1) is 11.7 Å². The van der Waals surface area contributed by atoms with Gasteiger partial charge in [0.15, 0.2) is 0 Å². The number of likely N-dealkylation sites (N-methyl/N-ethyl adjacent to an activating group) is 1.